The fraction of sp³-hybridized carbons (Fsp3) is 0.320. The van der Waals surface area contributed by atoms with Crippen LogP contribution < -0.4 is 21.9 Å². The number of benzene rings is 2. The zero-order valence-corrected chi connectivity index (χ0v) is 20.1. The fourth-order valence-corrected chi connectivity index (χ4v) is 4.33. The quantitative estimate of drug-likeness (QED) is 0.426. The summed E-state index contributed by atoms with van der Waals surface area (Å²) in [7, 11) is 0. The highest BCUT2D eigenvalue weighted by Crippen LogP contribution is 2.24. The summed E-state index contributed by atoms with van der Waals surface area (Å²) in [6, 6.07) is 15.6. The highest BCUT2D eigenvalue weighted by molar-refractivity contribution is 7.99. The topological polar surface area (TPSA) is 101 Å². The lowest BCUT2D eigenvalue weighted by molar-refractivity contribution is -0.118. The van der Waals surface area contributed by atoms with Crippen LogP contribution in [0.3, 0.4) is 0 Å². The Labute approximate surface area is 201 Å². The lowest BCUT2D eigenvalue weighted by Crippen LogP contribution is -2.42. The summed E-state index contributed by atoms with van der Waals surface area (Å²) in [5.41, 5.74) is 5.77. The van der Waals surface area contributed by atoms with Crippen molar-refractivity contribution in [2.45, 2.75) is 38.1 Å². The van der Waals surface area contributed by atoms with Gasteiger partial charge in [-0.25, -0.2) is 9.18 Å². The minimum Gasteiger partial charge on any atom is -0.383 e. The number of nitrogens with two attached hydrogens (primary N) is 1. The molecule has 180 valence electrons. The second-order valence-electron chi connectivity index (χ2n) is 8.32. The number of aromatic nitrogens is 2. The SMILES string of the molecule is CC(C)CCN(C(=O)CCSc1ccccc1F)c1c(N)n(Cc2ccccc2)c(=O)[nH]c1=O. The highest BCUT2D eigenvalue weighted by atomic mass is 32.2. The predicted octanol–water partition coefficient (Wildman–Crippen LogP) is 3.87. The van der Waals surface area contributed by atoms with Gasteiger partial charge in [-0.15, -0.1) is 11.8 Å². The van der Waals surface area contributed by atoms with E-state index in [9.17, 15) is 18.8 Å². The second-order valence-corrected chi connectivity index (χ2v) is 9.46. The summed E-state index contributed by atoms with van der Waals surface area (Å²) in [6.45, 7) is 4.46. The number of hydrogen-bond donors (Lipinski definition) is 2. The first-order valence-electron chi connectivity index (χ1n) is 11.1. The number of nitrogens with zero attached hydrogens (tertiary/aromatic N) is 2. The van der Waals surface area contributed by atoms with E-state index >= 15 is 0 Å². The number of thioether (sulfide) groups is 1. The Kier molecular flexibility index (Phi) is 8.70. The Morgan fingerprint density at radius 3 is 2.47 bits per heavy atom. The molecule has 1 amide bonds. The standard InChI is InChI=1S/C25H29FN4O3S/c1-17(2)12-14-29(21(31)13-15-34-20-11-7-6-10-19(20)26)22-23(27)30(25(33)28-24(22)32)16-18-8-4-3-5-9-18/h3-11,17H,12-16,27H2,1-2H3,(H,28,32,33). The molecule has 2 aromatic carbocycles. The molecule has 0 aliphatic rings. The first-order valence-corrected chi connectivity index (χ1v) is 12.1. The number of carbonyl (C=O) groups is 1. The Bertz CT molecular complexity index is 1240. The van der Waals surface area contributed by atoms with Crippen molar-refractivity contribution in [3.8, 4) is 0 Å². The normalized spacial score (nSPS) is 11.1. The molecular formula is C25H29FN4O3S. The van der Waals surface area contributed by atoms with Crippen molar-refractivity contribution in [1.29, 1.82) is 0 Å². The molecule has 0 saturated heterocycles. The van der Waals surface area contributed by atoms with Crippen molar-refractivity contribution in [3.63, 3.8) is 0 Å². The molecule has 0 aliphatic heterocycles. The number of aromatic amines is 1. The van der Waals surface area contributed by atoms with E-state index in [4.69, 9.17) is 5.73 Å². The van der Waals surface area contributed by atoms with Crippen molar-refractivity contribution < 1.29 is 9.18 Å². The van der Waals surface area contributed by atoms with Crippen LogP contribution in [0.2, 0.25) is 0 Å². The maximum Gasteiger partial charge on any atom is 0.330 e. The van der Waals surface area contributed by atoms with Crippen LogP contribution in [-0.4, -0.2) is 27.8 Å². The number of carbonyl (C=O) groups excluding carboxylic acids is 1. The van der Waals surface area contributed by atoms with E-state index in [1.165, 1.54) is 27.3 Å². The molecule has 0 aliphatic carbocycles. The van der Waals surface area contributed by atoms with Crippen molar-refractivity contribution in [1.82, 2.24) is 9.55 Å². The monoisotopic (exact) mass is 484 g/mol. The maximum atomic E-state index is 13.9. The molecule has 1 aromatic heterocycles. The Morgan fingerprint density at radius 2 is 1.79 bits per heavy atom. The van der Waals surface area contributed by atoms with E-state index in [-0.39, 0.29) is 48.7 Å². The van der Waals surface area contributed by atoms with Crippen molar-refractivity contribution in [2.75, 3.05) is 22.9 Å². The lowest BCUT2D eigenvalue weighted by atomic mass is 10.1. The van der Waals surface area contributed by atoms with Crippen molar-refractivity contribution in [3.05, 3.63) is 86.8 Å². The zero-order chi connectivity index (χ0) is 24.7. The van der Waals surface area contributed by atoms with Gasteiger partial charge in [-0.3, -0.25) is 19.1 Å². The first kappa shape index (κ1) is 25.3. The van der Waals surface area contributed by atoms with Gasteiger partial charge in [0.25, 0.3) is 5.56 Å². The summed E-state index contributed by atoms with van der Waals surface area (Å²) in [4.78, 5) is 42.7. The van der Waals surface area contributed by atoms with E-state index < -0.39 is 11.2 Å². The molecular weight excluding hydrogens is 455 g/mol. The molecule has 34 heavy (non-hydrogen) atoms. The molecule has 9 heteroatoms. The molecule has 3 rings (SSSR count). The fourth-order valence-electron chi connectivity index (χ4n) is 3.45. The summed E-state index contributed by atoms with van der Waals surface area (Å²) in [6.07, 6.45) is 0.719. The third-order valence-electron chi connectivity index (χ3n) is 5.31. The van der Waals surface area contributed by atoms with Gasteiger partial charge in [0.05, 0.1) is 6.54 Å². The van der Waals surface area contributed by atoms with Gasteiger partial charge in [-0.2, -0.15) is 0 Å². The van der Waals surface area contributed by atoms with Gasteiger partial charge in [-0.1, -0.05) is 56.3 Å². The molecule has 1 heterocycles. The lowest BCUT2D eigenvalue weighted by Gasteiger charge is -2.25. The highest BCUT2D eigenvalue weighted by Gasteiger charge is 2.24. The van der Waals surface area contributed by atoms with E-state index in [0.29, 0.717) is 17.1 Å². The van der Waals surface area contributed by atoms with Crippen LogP contribution in [0.15, 0.2) is 69.1 Å². The van der Waals surface area contributed by atoms with Gasteiger partial charge in [0.15, 0.2) is 5.69 Å². The molecule has 0 spiro atoms. The van der Waals surface area contributed by atoms with Crippen molar-refractivity contribution in [2.24, 2.45) is 5.92 Å². The molecule has 0 bridgehead atoms. The number of hydrogen-bond acceptors (Lipinski definition) is 5. The number of amides is 1. The van der Waals surface area contributed by atoms with Gasteiger partial charge in [-0.05, 0) is 30.0 Å². The third kappa shape index (κ3) is 6.38. The van der Waals surface area contributed by atoms with Gasteiger partial charge in [0.1, 0.15) is 11.6 Å². The van der Waals surface area contributed by atoms with Crippen LogP contribution >= 0.6 is 11.8 Å². The summed E-state index contributed by atoms with van der Waals surface area (Å²) < 4.78 is 15.2. The maximum absolute atomic E-state index is 13.9. The van der Waals surface area contributed by atoms with E-state index in [2.05, 4.69) is 4.98 Å². The van der Waals surface area contributed by atoms with Crippen molar-refractivity contribution >= 4 is 29.2 Å². The number of halogens is 1. The Balaban J connectivity index is 1.89. The Hall–Kier alpha value is -3.33. The largest absolute Gasteiger partial charge is 0.383 e. The number of nitrogens with one attached hydrogen (secondary N) is 1. The van der Waals surface area contributed by atoms with E-state index in [0.717, 1.165) is 5.56 Å². The van der Waals surface area contributed by atoms with Crippen LogP contribution in [0.4, 0.5) is 15.9 Å². The first-order chi connectivity index (χ1) is 16.3. The molecule has 0 radical (unpaired) electrons. The summed E-state index contributed by atoms with van der Waals surface area (Å²) >= 11 is 1.23. The minimum atomic E-state index is -0.703. The van der Waals surface area contributed by atoms with Gasteiger partial charge in [0.2, 0.25) is 5.91 Å². The summed E-state index contributed by atoms with van der Waals surface area (Å²) in [5, 5.41) is 0. The smallest absolute Gasteiger partial charge is 0.330 e. The van der Waals surface area contributed by atoms with Crippen LogP contribution in [0.1, 0.15) is 32.3 Å². The third-order valence-corrected chi connectivity index (χ3v) is 6.36. The van der Waals surface area contributed by atoms with E-state index in [1.807, 2.05) is 44.2 Å². The molecule has 7 nitrogen and oxygen atoms in total. The second kappa shape index (κ2) is 11.7. The zero-order valence-electron chi connectivity index (χ0n) is 19.3. The van der Waals surface area contributed by atoms with Crippen LogP contribution in [0, 0.1) is 11.7 Å². The number of nitrogen functional groups attached to an aromatic ring is 1. The van der Waals surface area contributed by atoms with Gasteiger partial charge in [0, 0.05) is 23.6 Å². The van der Waals surface area contributed by atoms with Gasteiger partial charge < -0.3 is 10.6 Å². The predicted molar refractivity (Wildman–Crippen MR) is 135 cm³/mol. The molecule has 0 fully saturated rings. The Morgan fingerprint density at radius 1 is 1.12 bits per heavy atom. The number of anilines is 2. The van der Waals surface area contributed by atoms with Crippen LogP contribution in [0.25, 0.3) is 0 Å². The number of rotatable bonds is 10. The van der Waals surface area contributed by atoms with Crippen LogP contribution in [-0.2, 0) is 11.3 Å². The van der Waals surface area contributed by atoms with Gasteiger partial charge >= 0.3 is 5.69 Å². The molecule has 0 saturated carbocycles. The molecule has 0 atom stereocenters. The van der Waals surface area contributed by atoms with Crippen LogP contribution in [0.5, 0.6) is 0 Å². The number of H-pyrrole nitrogens is 1. The molecule has 3 aromatic rings. The summed E-state index contributed by atoms with van der Waals surface area (Å²) in [5.74, 6) is -0.105. The average Bonchev–Trinajstić information content (AvgIpc) is 2.80. The molecule has 0 unspecified atom stereocenters. The minimum absolute atomic E-state index is 0.0305. The average molecular weight is 485 g/mol. The van der Waals surface area contributed by atoms with E-state index in [1.54, 1.807) is 18.2 Å². The molecule has 3 N–H and O–H groups in total.